The second kappa shape index (κ2) is 5.77. The van der Waals surface area contributed by atoms with E-state index in [0.29, 0.717) is 17.7 Å². The van der Waals surface area contributed by atoms with Crippen LogP contribution in [0.15, 0.2) is 18.2 Å². The van der Waals surface area contributed by atoms with Crippen molar-refractivity contribution in [1.82, 2.24) is 4.98 Å². The van der Waals surface area contributed by atoms with Crippen LogP contribution in [0.5, 0.6) is 5.75 Å². The molecule has 21 heavy (non-hydrogen) atoms. The summed E-state index contributed by atoms with van der Waals surface area (Å²) in [4.78, 5) is 3.70. The number of halogens is 3. The van der Waals surface area contributed by atoms with Crippen LogP contribution in [-0.2, 0) is 6.18 Å². The number of hydrogen-bond acceptors (Lipinski definition) is 4. The standard InChI is InChI=1S/C14H16F3N3O/c1-3-6-21-9-4-5-11-10(7-9)12(20-18)8(2)13(19-11)14(15,16)17/h4-5,7H,3,6,18H2,1-2H3,(H,19,20). The summed E-state index contributed by atoms with van der Waals surface area (Å²) in [6, 6.07) is 4.73. The minimum Gasteiger partial charge on any atom is -0.494 e. The Labute approximate surface area is 120 Å². The second-order valence-electron chi connectivity index (χ2n) is 4.63. The number of benzene rings is 1. The molecule has 0 aliphatic heterocycles. The maximum atomic E-state index is 13.0. The topological polar surface area (TPSA) is 60.2 Å². The number of nitrogens with two attached hydrogens (primary N) is 1. The molecule has 4 nitrogen and oxygen atoms in total. The third-order valence-electron chi connectivity index (χ3n) is 3.09. The van der Waals surface area contributed by atoms with E-state index in [1.54, 1.807) is 12.1 Å². The molecule has 3 N–H and O–H groups in total. The summed E-state index contributed by atoms with van der Waals surface area (Å²) < 4.78 is 44.4. The molecule has 7 heteroatoms. The van der Waals surface area contributed by atoms with E-state index >= 15 is 0 Å². The molecular weight excluding hydrogens is 283 g/mol. The maximum absolute atomic E-state index is 13.0. The number of hydrazine groups is 1. The van der Waals surface area contributed by atoms with Crippen molar-refractivity contribution in [3.05, 3.63) is 29.5 Å². The first kappa shape index (κ1) is 15.4. The van der Waals surface area contributed by atoms with Gasteiger partial charge in [0.25, 0.3) is 0 Å². The summed E-state index contributed by atoms with van der Waals surface area (Å²) in [6.45, 7) is 3.84. The van der Waals surface area contributed by atoms with Gasteiger partial charge < -0.3 is 10.2 Å². The van der Waals surface area contributed by atoms with E-state index in [4.69, 9.17) is 10.6 Å². The molecule has 1 aromatic carbocycles. The van der Waals surface area contributed by atoms with Gasteiger partial charge in [0.1, 0.15) is 11.4 Å². The Morgan fingerprint density at radius 3 is 2.62 bits per heavy atom. The lowest BCUT2D eigenvalue weighted by Gasteiger charge is -2.16. The van der Waals surface area contributed by atoms with Crippen LogP contribution in [-0.4, -0.2) is 11.6 Å². The predicted octanol–water partition coefficient (Wildman–Crippen LogP) is 3.64. The largest absolute Gasteiger partial charge is 0.494 e. The van der Waals surface area contributed by atoms with Gasteiger partial charge in [0.15, 0.2) is 0 Å². The SMILES string of the molecule is CCCOc1ccc2nc(C(F)(F)F)c(C)c(NN)c2c1. The van der Waals surface area contributed by atoms with Crippen molar-refractivity contribution in [1.29, 1.82) is 0 Å². The van der Waals surface area contributed by atoms with Crippen molar-refractivity contribution in [2.24, 2.45) is 5.84 Å². The third kappa shape index (κ3) is 3.02. The van der Waals surface area contributed by atoms with Crippen LogP contribution in [0.25, 0.3) is 10.9 Å². The fourth-order valence-electron chi connectivity index (χ4n) is 2.11. The Morgan fingerprint density at radius 1 is 1.33 bits per heavy atom. The number of nitrogens with zero attached hydrogens (tertiary/aromatic N) is 1. The maximum Gasteiger partial charge on any atom is 0.433 e. The number of nitrogens with one attached hydrogen (secondary N) is 1. The molecule has 0 saturated heterocycles. The molecule has 2 rings (SSSR count). The fraction of sp³-hybridized carbons (Fsp3) is 0.357. The summed E-state index contributed by atoms with van der Waals surface area (Å²) in [6.07, 6.45) is -3.69. The monoisotopic (exact) mass is 299 g/mol. The molecule has 114 valence electrons. The molecule has 0 fully saturated rings. The van der Waals surface area contributed by atoms with Crippen LogP contribution < -0.4 is 16.0 Å². The fourth-order valence-corrected chi connectivity index (χ4v) is 2.11. The zero-order chi connectivity index (χ0) is 15.6. The zero-order valence-corrected chi connectivity index (χ0v) is 11.7. The van der Waals surface area contributed by atoms with Gasteiger partial charge in [-0.25, -0.2) is 4.98 Å². The molecule has 0 bridgehead atoms. The van der Waals surface area contributed by atoms with E-state index in [1.165, 1.54) is 13.0 Å². The molecule has 2 aromatic rings. The van der Waals surface area contributed by atoms with E-state index in [1.807, 2.05) is 6.92 Å². The highest BCUT2D eigenvalue weighted by Gasteiger charge is 2.36. The summed E-state index contributed by atoms with van der Waals surface area (Å²) in [7, 11) is 0. The normalized spacial score (nSPS) is 11.7. The Hall–Kier alpha value is -2.02. The Morgan fingerprint density at radius 2 is 2.05 bits per heavy atom. The highest BCUT2D eigenvalue weighted by atomic mass is 19.4. The third-order valence-corrected chi connectivity index (χ3v) is 3.09. The number of anilines is 1. The van der Waals surface area contributed by atoms with Gasteiger partial charge >= 0.3 is 6.18 Å². The van der Waals surface area contributed by atoms with E-state index in [0.717, 1.165) is 6.42 Å². The number of pyridine rings is 1. The number of fused-ring (bicyclic) bond motifs is 1. The summed E-state index contributed by atoms with van der Waals surface area (Å²) in [5.41, 5.74) is 1.78. The first-order chi connectivity index (χ1) is 9.88. The molecule has 0 amide bonds. The van der Waals surface area contributed by atoms with Gasteiger partial charge in [0, 0.05) is 10.9 Å². The van der Waals surface area contributed by atoms with Gasteiger partial charge in [-0.3, -0.25) is 5.84 Å². The van der Waals surface area contributed by atoms with Crippen molar-refractivity contribution >= 4 is 16.6 Å². The van der Waals surface area contributed by atoms with Crippen molar-refractivity contribution in [3.8, 4) is 5.75 Å². The van der Waals surface area contributed by atoms with E-state index in [-0.39, 0.29) is 16.8 Å². The van der Waals surface area contributed by atoms with Crippen LogP contribution >= 0.6 is 0 Å². The average Bonchev–Trinajstić information content (AvgIpc) is 2.43. The Bertz CT molecular complexity index is 656. The Kier molecular flexibility index (Phi) is 4.22. The molecule has 1 heterocycles. The van der Waals surface area contributed by atoms with Gasteiger partial charge in [-0.1, -0.05) is 6.92 Å². The molecule has 0 saturated carbocycles. The van der Waals surface area contributed by atoms with E-state index in [9.17, 15) is 13.2 Å². The first-order valence-electron chi connectivity index (χ1n) is 6.49. The highest BCUT2D eigenvalue weighted by Crippen LogP contribution is 2.37. The molecule has 0 aliphatic carbocycles. The smallest absolute Gasteiger partial charge is 0.433 e. The minimum atomic E-state index is -4.53. The number of ether oxygens (including phenoxy) is 1. The number of nitrogen functional groups attached to an aromatic ring is 1. The zero-order valence-electron chi connectivity index (χ0n) is 11.7. The lowest BCUT2D eigenvalue weighted by molar-refractivity contribution is -0.141. The lowest BCUT2D eigenvalue weighted by Crippen LogP contribution is -2.16. The highest BCUT2D eigenvalue weighted by molar-refractivity contribution is 5.94. The first-order valence-corrected chi connectivity index (χ1v) is 6.49. The lowest BCUT2D eigenvalue weighted by atomic mass is 10.1. The van der Waals surface area contributed by atoms with E-state index in [2.05, 4.69) is 10.4 Å². The van der Waals surface area contributed by atoms with Crippen LogP contribution in [0.3, 0.4) is 0 Å². The van der Waals surface area contributed by atoms with Gasteiger partial charge in [0.2, 0.25) is 0 Å². The molecule has 0 aliphatic rings. The van der Waals surface area contributed by atoms with Gasteiger partial charge in [0.05, 0.1) is 17.8 Å². The number of rotatable bonds is 4. The van der Waals surface area contributed by atoms with Crippen molar-refractivity contribution in [2.45, 2.75) is 26.4 Å². The molecule has 0 atom stereocenters. The van der Waals surface area contributed by atoms with Crippen molar-refractivity contribution in [2.75, 3.05) is 12.0 Å². The number of hydrogen-bond donors (Lipinski definition) is 2. The van der Waals surface area contributed by atoms with Crippen LogP contribution in [0.1, 0.15) is 24.6 Å². The Balaban J connectivity index is 2.64. The summed E-state index contributed by atoms with van der Waals surface area (Å²) >= 11 is 0. The molecule has 0 unspecified atom stereocenters. The predicted molar refractivity (Wildman–Crippen MR) is 75.1 cm³/mol. The van der Waals surface area contributed by atoms with Crippen LogP contribution in [0.4, 0.5) is 18.9 Å². The van der Waals surface area contributed by atoms with Gasteiger partial charge in [-0.05, 0) is 31.5 Å². The van der Waals surface area contributed by atoms with Crippen molar-refractivity contribution in [3.63, 3.8) is 0 Å². The molecule has 1 aromatic heterocycles. The average molecular weight is 299 g/mol. The quantitative estimate of drug-likeness (QED) is 0.668. The molecule has 0 radical (unpaired) electrons. The molecular formula is C14H16F3N3O. The number of alkyl halides is 3. The second-order valence-corrected chi connectivity index (χ2v) is 4.63. The molecule has 0 spiro atoms. The van der Waals surface area contributed by atoms with Crippen LogP contribution in [0, 0.1) is 6.92 Å². The van der Waals surface area contributed by atoms with Crippen LogP contribution in [0.2, 0.25) is 0 Å². The van der Waals surface area contributed by atoms with Crippen molar-refractivity contribution < 1.29 is 17.9 Å². The van der Waals surface area contributed by atoms with Gasteiger partial charge in [-0.15, -0.1) is 0 Å². The van der Waals surface area contributed by atoms with Gasteiger partial charge in [-0.2, -0.15) is 13.2 Å². The summed E-state index contributed by atoms with van der Waals surface area (Å²) in [5.74, 6) is 5.96. The summed E-state index contributed by atoms with van der Waals surface area (Å²) in [5, 5.41) is 0.497. The number of aromatic nitrogens is 1. The minimum absolute atomic E-state index is 0.0369. The van der Waals surface area contributed by atoms with E-state index < -0.39 is 11.9 Å².